The minimum Gasteiger partial charge on any atom is -0.392 e. The van der Waals surface area contributed by atoms with Gasteiger partial charge < -0.3 is 10.4 Å². The van der Waals surface area contributed by atoms with Crippen LogP contribution in [-0.2, 0) is 4.79 Å². The van der Waals surface area contributed by atoms with Gasteiger partial charge in [-0.3, -0.25) is 9.69 Å². The zero-order valence-electron chi connectivity index (χ0n) is 11.4. The lowest BCUT2D eigenvalue weighted by atomic mass is 10.1. The van der Waals surface area contributed by atoms with Crippen LogP contribution < -0.4 is 5.32 Å². The quantitative estimate of drug-likeness (QED) is 0.860. The summed E-state index contributed by atoms with van der Waals surface area (Å²) in [5, 5.41) is 12.6. The molecule has 0 radical (unpaired) electrons. The van der Waals surface area contributed by atoms with Crippen LogP contribution in [0.2, 0.25) is 0 Å². The highest BCUT2D eigenvalue weighted by Gasteiger charge is 2.20. The van der Waals surface area contributed by atoms with Gasteiger partial charge in [0.25, 0.3) is 0 Å². The molecule has 2 N–H and O–H groups in total. The van der Waals surface area contributed by atoms with Crippen molar-refractivity contribution in [1.82, 2.24) is 10.2 Å². The third-order valence-corrected chi connectivity index (χ3v) is 3.52. The minimum atomic E-state index is -0.284. The number of carbonyl (C=O) groups is 1. The van der Waals surface area contributed by atoms with E-state index < -0.39 is 0 Å². The number of β-amino-alcohol motifs (C(OH)–C–C–N with tert-alkyl or cyclic N) is 1. The molecule has 19 heavy (non-hydrogen) atoms. The second-order valence-electron chi connectivity index (χ2n) is 5.23. The van der Waals surface area contributed by atoms with Gasteiger partial charge >= 0.3 is 0 Å². The van der Waals surface area contributed by atoms with E-state index in [0.717, 1.165) is 24.9 Å². The zero-order chi connectivity index (χ0) is 13.7. The monoisotopic (exact) mass is 262 g/mol. The fourth-order valence-corrected chi connectivity index (χ4v) is 2.49. The molecule has 1 aliphatic heterocycles. The Kier molecular flexibility index (Phi) is 4.93. The van der Waals surface area contributed by atoms with E-state index in [2.05, 4.69) is 5.32 Å². The first kappa shape index (κ1) is 14.0. The number of carbonyl (C=O) groups excluding carboxylic acids is 1. The van der Waals surface area contributed by atoms with Crippen LogP contribution in [0.1, 0.15) is 31.4 Å². The largest absolute Gasteiger partial charge is 0.392 e. The molecule has 0 spiro atoms. The highest BCUT2D eigenvalue weighted by molar-refractivity contribution is 5.78. The fraction of sp³-hybridized carbons (Fsp3) is 0.533. The Hall–Kier alpha value is -1.39. The van der Waals surface area contributed by atoms with Gasteiger partial charge in [-0.05, 0) is 31.9 Å². The predicted molar refractivity (Wildman–Crippen MR) is 74.7 cm³/mol. The van der Waals surface area contributed by atoms with E-state index in [1.54, 1.807) is 0 Å². The third-order valence-electron chi connectivity index (χ3n) is 3.52. The van der Waals surface area contributed by atoms with E-state index in [1.165, 1.54) is 0 Å². The Bertz CT molecular complexity index is 408. The van der Waals surface area contributed by atoms with Crippen molar-refractivity contribution in [1.29, 1.82) is 0 Å². The van der Waals surface area contributed by atoms with Gasteiger partial charge in [0.05, 0.1) is 18.7 Å². The van der Waals surface area contributed by atoms with Gasteiger partial charge in [0.15, 0.2) is 0 Å². The van der Waals surface area contributed by atoms with Crippen molar-refractivity contribution in [3.05, 3.63) is 35.9 Å². The molecule has 0 aliphatic carbocycles. The SMILES string of the molecule is CC(NC(=O)CN1CCCC(O)C1)c1ccccc1. The lowest BCUT2D eigenvalue weighted by Crippen LogP contribution is -2.44. The highest BCUT2D eigenvalue weighted by atomic mass is 16.3. The summed E-state index contributed by atoms with van der Waals surface area (Å²) in [6.45, 7) is 3.85. The normalized spacial score (nSPS) is 21.9. The number of nitrogens with one attached hydrogen (secondary N) is 1. The Morgan fingerprint density at radius 1 is 1.47 bits per heavy atom. The van der Waals surface area contributed by atoms with Crippen LogP contribution in [-0.4, -0.2) is 41.7 Å². The fourth-order valence-electron chi connectivity index (χ4n) is 2.49. The van der Waals surface area contributed by atoms with Crippen LogP contribution in [0.15, 0.2) is 30.3 Å². The first-order valence-electron chi connectivity index (χ1n) is 6.90. The summed E-state index contributed by atoms with van der Waals surface area (Å²) >= 11 is 0. The van der Waals surface area contributed by atoms with E-state index in [9.17, 15) is 9.90 Å². The third kappa shape index (κ3) is 4.33. The van der Waals surface area contributed by atoms with Gasteiger partial charge in [-0.2, -0.15) is 0 Å². The molecule has 1 heterocycles. The van der Waals surface area contributed by atoms with Crippen molar-refractivity contribution in [3.63, 3.8) is 0 Å². The number of aliphatic hydroxyl groups excluding tert-OH is 1. The lowest BCUT2D eigenvalue weighted by molar-refractivity contribution is -0.123. The Balaban J connectivity index is 1.81. The van der Waals surface area contributed by atoms with E-state index in [0.29, 0.717) is 13.1 Å². The number of benzene rings is 1. The number of piperidine rings is 1. The molecular weight excluding hydrogens is 240 g/mol. The van der Waals surface area contributed by atoms with Crippen LogP contribution in [0.5, 0.6) is 0 Å². The molecule has 2 unspecified atom stereocenters. The van der Waals surface area contributed by atoms with Gasteiger partial charge in [0, 0.05) is 6.54 Å². The van der Waals surface area contributed by atoms with Gasteiger partial charge in [0.1, 0.15) is 0 Å². The van der Waals surface area contributed by atoms with Crippen molar-refractivity contribution in [2.24, 2.45) is 0 Å². The van der Waals surface area contributed by atoms with Gasteiger partial charge in [-0.1, -0.05) is 30.3 Å². The first-order valence-corrected chi connectivity index (χ1v) is 6.90. The molecule has 1 fully saturated rings. The number of hydrogen-bond acceptors (Lipinski definition) is 3. The average Bonchev–Trinajstić information content (AvgIpc) is 2.39. The number of rotatable bonds is 4. The molecule has 0 aromatic heterocycles. The van der Waals surface area contributed by atoms with Crippen molar-refractivity contribution in [2.45, 2.75) is 31.9 Å². The van der Waals surface area contributed by atoms with Crippen molar-refractivity contribution >= 4 is 5.91 Å². The molecule has 104 valence electrons. The molecular formula is C15H22N2O2. The number of amides is 1. The van der Waals surface area contributed by atoms with E-state index in [1.807, 2.05) is 42.2 Å². The predicted octanol–water partition coefficient (Wildman–Crippen LogP) is 1.32. The molecule has 0 saturated carbocycles. The molecule has 2 rings (SSSR count). The number of nitrogens with zero attached hydrogens (tertiary/aromatic N) is 1. The molecule has 1 aromatic rings. The molecule has 2 atom stereocenters. The standard InChI is InChI=1S/C15H22N2O2/c1-12(13-6-3-2-4-7-13)16-15(19)11-17-9-5-8-14(18)10-17/h2-4,6-7,12,14,18H,5,8-11H2,1H3,(H,16,19). The summed E-state index contributed by atoms with van der Waals surface area (Å²) < 4.78 is 0. The summed E-state index contributed by atoms with van der Waals surface area (Å²) in [5.41, 5.74) is 1.11. The van der Waals surface area contributed by atoms with Crippen LogP contribution in [0, 0.1) is 0 Å². The van der Waals surface area contributed by atoms with Crippen LogP contribution >= 0.6 is 0 Å². The van der Waals surface area contributed by atoms with Crippen molar-refractivity contribution < 1.29 is 9.90 Å². The van der Waals surface area contributed by atoms with Crippen LogP contribution in [0.25, 0.3) is 0 Å². The van der Waals surface area contributed by atoms with E-state index in [4.69, 9.17) is 0 Å². The second-order valence-corrected chi connectivity index (χ2v) is 5.23. The molecule has 0 bridgehead atoms. The van der Waals surface area contributed by atoms with Crippen LogP contribution in [0.4, 0.5) is 0 Å². The number of aliphatic hydroxyl groups is 1. The topological polar surface area (TPSA) is 52.6 Å². The number of likely N-dealkylation sites (tertiary alicyclic amines) is 1. The van der Waals surface area contributed by atoms with Crippen molar-refractivity contribution in [3.8, 4) is 0 Å². The summed E-state index contributed by atoms with van der Waals surface area (Å²) in [6.07, 6.45) is 1.52. The van der Waals surface area contributed by atoms with Gasteiger partial charge in [-0.15, -0.1) is 0 Å². The smallest absolute Gasteiger partial charge is 0.234 e. The molecule has 1 saturated heterocycles. The lowest BCUT2D eigenvalue weighted by Gasteiger charge is -2.29. The maximum atomic E-state index is 12.0. The molecule has 1 amide bonds. The number of hydrogen-bond donors (Lipinski definition) is 2. The maximum absolute atomic E-state index is 12.0. The summed E-state index contributed by atoms with van der Waals surface area (Å²) in [7, 11) is 0. The van der Waals surface area contributed by atoms with Gasteiger partial charge in [-0.25, -0.2) is 0 Å². The van der Waals surface area contributed by atoms with E-state index in [-0.39, 0.29) is 18.1 Å². The zero-order valence-corrected chi connectivity index (χ0v) is 11.4. The Labute approximate surface area is 114 Å². The second kappa shape index (κ2) is 6.68. The Morgan fingerprint density at radius 2 is 2.21 bits per heavy atom. The molecule has 4 nitrogen and oxygen atoms in total. The Morgan fingerprint density at radius 3 is 2.89 bits per heavy atom. The van der Waals surface area contributed by atoms with Crippen LogP contribution in [0.3, 0.4) is 0 Å². The highest BCUT2D eigenvalue weighted by Crippen LogP contribution is 2.12. The van der Waals surface area contributed by atoms with Crippen molar-refractivity contribution in [2.75, 3.05) is 19.6 Å². The minimum absolute atomic E-state index is 0.0171. The molecule has 1 aromatic carbocycles. The molecule has 1 aliphatic rings. The van der Waals surface area contributed by atoms with Gasteiger partial charge in [0.2, 0.25) is 5.91 Å². The summed E-state index contributed by atoms with van der Waals surface area (Å²) in [4.78, 5) is 14.0. The average molecular weight is 262 g/mol. The maximum Gasteiger partial charge on any atom is 0.234 e. The molecule has 4 heteroatoms. The summed E-state index contributed by atoms with van der Waals surface area (Å²) in [5.74, 6) is 0.0189. The summed E-state index contributed by atoms with van der Waals surface area (Å²) in [6, 6.07) is 9.94. The van der Waals surface area contributed by atoms with E-state index >= 15 is 0 Å². The first-order chi connectivity index (χ1) is 9.15.